The molecule has 0 spiro atoms. The van der Waals surface area contributed by atoms with Crippen LogP contribution in [0, 0.1) is 13.8 Å². The minimum absolute atomic E-state index is 0.445. The number of nitrogens with zero attached hydrogens (tertiary/aromatic N) is 3. The number of halogens is 1. The molecule has 4 nitrogen and oxygen atoms in total. The molecule has 1 N–H and O–H groups in total. The Morgan fingerprint density at radius 2 is 2.17 bits per heavy atom. The zero-order valence-corrected chi connectivity index (χ0v) is 11.4. The van der Waals surface area contributed by atoms with Gasteiger partial charge in [-0.05, 0) is 31.0 Å². The maximum Gasteiger partial charge on any atom is 0.0849 e. The van der Waals surface area contributed by atoms with Gasteiger partial charge >= 0.3 is 0 Å². The van der Waals surface area contributed by atoms with Crippen LogP contribution in [0.15, 0.2) is 18.5 Å². The highest BCUT2D eigenvalue weighted by Crippen LogP contribution is 2.26. The molecule has 0 radical (unpaired) electrons. The lowest BCUT2D eigenvalue weighted by Gasteiger charge is -2.13. The van der Waals surface area contributed by atoms with E-state index in [1.54, 1.807) is 17.1 Å². The van der Waals surface area contributed by atoms with Gasteiger partial charge < -0.3 is 5.11 Å². The summed E-state index contributed by atoms with van der Waals surface area (Å²) in [7, 11) is 1.83. The van der Waals surface area contributed by atoms with Gasteiger partial charge in [-0.3, -0.25) is 9.67 Å². The van der Waals surface area contributed by atoms with E-state index >= 15 is 0 Å². The summed E-state index contributed by atoms with van der Waals surface area (Å²) < 4.78 is 1.72. The number of rotatable bonds is 3. The van der Waals surface area contributed by atoms with Crippen LogP contribution in [0.25, 0.3) is 0 Å². The van der Waals surface area contributed by atoms with Crippen LogP contribution in [-0.4, -0.2) is 19.9 Å². The summed E-state index contributed by atoms with van der Waals surface area (Å²) in [5.41, 5.74) is 3.48. The molecule has 18 heavy (non-hydrogen) atoms. The van der Waals surface area contributed by atoms with Crippen molar-refractivity contribution in [3.8, 4) is 0 Å². The van der Waals surface area contributed by atoms with Crippen molar-refractivity contribution in [2.24, 2.45) is 7.05 Å². The molecule has 0 aliphatic carbocycles. The van der Waals surface area contributed by atoms with Gasteiger partial charge in [0.2, 0.25) is 0 Å². The second-order valence-electron chi connectivity index (χ2n) is 4.42. The van der Waals surface area contributed by atoms with Crippen LogP contribution in [0.2, 0.25) is 5.02 Å². The Morgan fingerprint density at radius 1 is 1.44 bits per heavy atom. The van der Waals surface area contributed by atoms with Crippen molar-refractivity contribution >= 4 is 11.6 Å². The van der Waals surface area contributed by atoms with Crippen LogP contribution in [-0.2, 0) is 13.5 Å². The monoisotopic (exact) mass is 265 g/mol. The Labute approximate surface area is 111 Å². The van der Waals surface area contributed by atoms with Crippen LogP contribution in [0.5, 0.6) is 0 Å². The molecular formula is C13H16ClN3O. The molecule has 0 aromatic carbocycles. The third kappa shape index (κ3) is 2.40. The van der Waals surface area contributed by atoms with E-state index in [0.717, 1.165) is 22.5 Å². The lowest BCUT2D eigenvalue weighted by atomic mass is 10.0. The fourth-order valence-corrected chi connectivity index (χ4v) is 2.29. The molecule has 0 bridgehead atoms. The number of aryl methyl sites for hydroxylation is 3. The van der Waals surface area contributed by atoms with Gasteiger partial charge in [0.25, 0.3) is 0 Å². The first-order valence-corrected chi connectivity index (χ1v) is 6.15. The van der Waals surface area contributed by atoms with E-state index < -0.39 is 6.10 Å². The topological polar surface area (TPSA) is 50.9 Å². The minimum atomic E-state index is -0.597. The second-order valence-corrected chi connectivity index (χ2v) is 4.80. The standard InChI is InChI=1S/C13H16ClN3O/c1-8-7-15-5-4-10(8)12(18)6-11-13(14)9(2)16-17(11)3/h4-5,7,12,18H,6H2,1-3H3. The number of aliphatic hydroxyl groups excluding tert-OH is 1. The summed E-state index contributed by atoms with van der Waals surface area (Å²) in [5, 5.41) is 15.2. The lowest BCUT2D eigenvalue weighted by molar-refractivity contribution is 0.175. The van der Waals surface area contributed by atoms with E-state index in [0.29, 0.717) is 11.4 Å². The third-order valence-electron chi connectivity index (χ3n) is 3.07. The third-order valence-corrected chi connectivity index (χ3v) is 3.56. The van der Waals surface area contributed by atoms with Gasteiger partial charge in [-0.25, -0.2) is 0 Å². The van der Waals surface area contributed by atoms with Crippen molar-refractivity contribution in [3.63, 3.8) is 0 Å². The summed E-state index contributed by atoms with van der Waals surface area (Å²) >= 11 is 6.18. The van der Waals surface area contributed by atoms with Gasteiger partial charge in [0.15, 0.2) is 0 Å². The van der Waals surface area contributed by atoms with Crippen molar-refractivity contribution in [1.29, 1.82) is 0 Å². The number of hydrogen-bond donors (Lipinski definition) is 1. The Balaban J connectivity index is 2.27. The van der Waals surface area contributed by atoms with Gasteiger partial charge in [-0.15, -0.1) is 0 Å². The van der Waals surface area contributed by atoms with E-state index in [1.807, 2.05) is 27.0 Å². The zero-order chi connectivity index (χ0) is 13.3. The second kappa shape index (κ2) is 5.08. The van der Waals surface area contributed by atoms with Crippen LogP contribution < -0.4 is 0 Å². The number of hydrogen-bond acceptors (Lipinski definition) is 3. The van der Waals surface area contributed by atoms with E-state index in [9.17, 15) is 5.11 Å². The fourth-order valence-electron chi connectivity index (χ4n) is 2.05. The first kappa shape index (κ1) is 13.1. The molecule has 96 valence electrons. The van der Waals surface area contributed by atoms with Gasteiger partial charge in [0.05, 0.1) is 22.5 Å². The van der Waals surface area contributed by atoms with Crippen LogP contribution in [0.3, 0.4) is 0 Å². The largest absolute Gasteiger partial charge is 0.388 e. The van der Waals surface area contributed by atoms with Crippen molar-refractivity contribution in [2.45, 2.75) is 26.4 Å². The Morgan fingerprint density at radius 3 is 2.72 bits per heavy atom. The molecule has 2 heterocycles. The van der Waals surface area contributed by atoms with E-state index in [-0.39, 0.29) is 0 Å². The Bertz CT molecular complexity index is 565. The normalized spacial score (nSPS) is 12.7. The summed E-state index contributed by atoms with van der Waals surface area (Å²) in [6.45, 7) is 3.79. The van der Waals surface area contributed by atoms with Crippen molar-refractivity contribution in [1.82, 2.24) is 14.8 Å². The maximum atomic E-state index is 10.3. The zero-order valence-electron chi connectivity index (χ0n) is 10.7. The average Bonchev–Trinajstić information content (AvgIpc) is 2.56. The maximum absolute atomic E-state index is 10.3. The van der Waals surface area contributed by atoms with Crippen molar-refractivity contribution in [2.75, 3.05) is 0 Å². The molecule has 0 saturated carbocycles. The van der Waals surface area contributed by atoms with E-state index in [1.165, 1.54) is 0 Å². The fraction of sp³-hybridized carbons (Fsp3) is 0.385. The van der Waals surface area contributed by atoms with E-state index in [4.69, 9.17) is 11.6 Å². The molecule has 1 unspecified atom stereocenters. The predicted octanol–water partition coefficient (Wildman–Crippen LogP) is 2.36. The van der Waals surface area contributed by atoms with Gasteiger partial charge in [-0.2, -0.15) is 5.10 Å². The summed E-state index contributed by atoms with van der Waals surface area (Å²) in [6, 6.07) is 1.83. The molecule has 2 aromatic heterocycles. The highest BCUT2D eigenvalue weighted by atomic mass is 35.5. The first-order chi connectivity index (χ1) is 8.50. The molecule has 5 heteroatoms. The highest BCUT2D eigenvalue weighted by Gasteiger charge is 2.17. The van der Waals surface area contributed by atoms with Gasteiger partial charge in [0, 0.05) is 25.9 Å². The SMILES string of the molecule is Cc1cnccc1C(O)Cc1c(Cl)c(C)nn1C. The number of aliphatic hydroxyl groups is 1. The predicted molar refractivity (Wildman–Crippen MR) is 70.6 cm³/mol. The quantitative estimate of drug-likeness (QED) is 0.927. The molecule has 0 fully saturated rings. The molecule has 0 aliphatic heterocycles. The Hall–Kier alpha value is -1.39. The van der Waals surface area contributed by atoms with Crippen molar-refractivity contribution < 1.29 is 5.11 Å². The van der Waals surface area contributed by atoms with Crippen LogP contribution >= 0.6 is 11.6 Å². The molecule has 0 aliphatic rings. The van der Waals surface area contributed by atoms with Crippen molar-refractivity contribution in [3.05, 3.63) is 46.0 Å². The summed E-state index contributed by atoms with van der Waals surface area (Å²) in [4.78, 5) is 4.02. The Kier molecular flexibility index (Phi) is 3.68. The van der Waals surface area contributed by atoms with E-state index in [2.05, 4.69) is 10.1 Å². The number of aromatic nitrogens is 3. The van der Waals surface area contributed by atoms with Crippen LogP contribution in [0.1, 0.15) is 28.6 Å². The molecular weight excluding hydrogens is 250 g/mol. The molecule has 2 aromatic rings. The molecule has 2 rings (SSSR count). The molecule has 1 atom stereocenters. The van der Waals surface area contributed by atoms with Gasteiger partial charge in [-0.1, -0.05) is 11.6 Å². The van der Waals surface area contributed by atoms with Gasteiger partial charge in [0.1, 0.15) is 0 Å². The van der Waals surface area contributed by atoms with Crippen LogP contribution in [0.4, 0.5) is 0 Å². The summed E-state index contributed by atoms with van der Waals surface area (Å²) in [6.07, 6.45) is 3.28. The molecule has 0 saturated heterocycles. The number of pyridine rings is 1. The smallest absolute Gasteiger partial charge is 0.0849 e. The average molecular weight is 266 g/mol. The minimum Gasteiger partial charge on any atom is -0.388 e. The highest BCUT2D eigenvalue weighted by molar-refractivity contribution is 6.31. The summed E-state index contributed by atoms with van der Waals surface area (Å²) in [5.74, 6) is 0. The molecule has 0 amide bonds. The first-order valence-electron chi connectivity index (χ1n) is 5.77. The lowest BCUT2D eigenvalue weighted by Crippen LogP contribution is -2.08.